The normalized spacial score (nSPS) is 15.2. The Labute approximate surface area is 172 Å². The number of carbonyl (C=O) groups is 2. The van der Waals surface area contributed by atoms with E-state index in [2.05, 4.69) is 5.43 Å². The van der Waals surface area contributed by atoms with Crippen molar-refractivity contribution >= 4 is 46.2 Å². The molecule has 1 heterocycles. The Morgan fingerprint density at radius 1 is 1.32 bits per heavy atom. The van der Waals surface area contributed by atoms with E-state index in [-0.39, 0.29) is 10.1 Å². The minimum atomic E-state index is -0.414. The number of nitrogens with one attached hydrogen (secondary N) is 1. The highest BCUT2D eigenvalue weighted by molar-refractivity contribution is 8.26. The predicted octanol–water partition coefficient (Wildman–Crippen LogP) is 3.65. The van der Waals surface area contributed by atoms with Gasteiger partial charge in [-0.25, -0.2) is 0 Å². The van der Waals surface area contributed by atoms with Crippen LogP contribution in [0.25, 0.3) is 6.08 Å². The second-order valence-electron chi connectivity index (χ2n) is 5.93. The monoisotopic (exact) mass is 414 g/mol. The van der Waals surface area contributed by atoms with E-state index in [1.54, 1.807) is 30.3 Å². The van der Waals surface area contributed by atoms with E-state index >= 15 is 0 Å². The third-order valence-corrected chi connectivity index (χ3v) is 5.28. The van der Waals surface area contributed by atoms with Crippen molar-refractivity contribution < 1.29 is 19.4 Å². The van der Waals surface area contributed by atoms with E-state index in [4.69, 9.17) is 17.0 Å². The van der Waals surface area contributed by atoms with Crippen molar-refractivity contribution in [3.05, 3.63) is 64.1 Å². The minimum absolute atomic E-state index is 0.0250. The summed E-state index contributed by atoms with van der Waals surface area (Å²) in [5.41, 5.74) is 4.51. The smallest absolute Gasteiger partial charge is 0.285 e. The molecule has 8 heteroatoms. The number of hydrogen-bond acceptors (Lipinski definition) is 6. The van der Waals surface area contributed by atoms with Crippen LogP contribution in [0.15, 0.2) is 47.4 Å². The van der Waals surface area contributed by atoms with Gasteiger partial charge < -0.3 is 9.84 Å². The number of amides is 2. The van der Waals surface area contributed by atoms with Gasteiger partial charge in [-0.2, -0.15) is 5.01 Å². The van der Waals surface area contributed by atoms with Crippen LogP contribution in [0.2, 0.25) is 0 Å². The molecule has 6 nitrogen and oxygen atoms in total. The van der Waals surface area contributed by atoms with Crippen LogP contribution >= 0.6 is 24.0 Å². The van der Waals surface area contributed by atoms with Crippen LogP contribution < -0.4 is 10.2 Å². The second kappa shape index (κ2) is 8.45. The maximum atomic E-state index is 12.7. The third kappa shape index (κ3) is 4.18. The second-order valence-corrected chi connectivity index (χ2v) is 7.61. The number of nitrogens with zero attached hydrogens (tertiary/aromatic N) is 1. The van der Waals surface area contributed by atoms with E-state index < -0.39 is 11.8 Å². The standard InChI is InChI=1S/C20H18N2O4S2/c1-3-26-16-10-13(8-9-15(16)23)11-17-19(25)22(20(27)28-17)21-18(24)14-7-5-4-6-12(14)2/h4-11,23H,3H2,1-2H3,(H,21,24)/b17-11-. The number of aromatic hydroxyl groups is 1. The molecule has 2 aromatic rings. The van der Waals surface area contributed by atoms with E-state index in [1.165, 1.54) is 6.07 Å². The third-order valence-electron chi connectivity index (χ3n) is 3.98. The number of phenols is 1. The van der Waals surface area contributed by atoms with Gasteiger partial charge in [-0.1, -0.05) is 36.0 Å². The molecule has 3 rings (SSSR count). The SMILES string of the molecule is CCOc1cc(/C=C2\SC(=S)N(NC(=O)c3ccccc3C)C2=O)ccc1O. The number of benzene rings is 2. The van der Waals surface area contributed by atoms with Gasteiger partial charge in [-0.15, -0.1) is 0 Å². The number of rotatable bonds is 5. The first-order valence-electron chi connectivity index (χ1n) is 8.51. The van der Waals surface area contributed by atoms with E-state index in [1.807, 2.05) is 26.0 Å². The molecule has 1 aliphatic heterocycles. The number of thiocarbonyl (C=S) groups is 1. The van der Waals surface area contributed by atoms with Gasteiger partial charge in [0.25, 0.3) is 11.8 Å². The summed E-state index contributed by atoms with van der Waals surface area (Å²) in [6.45, 7) is 4.04. The molecule has 0 unspecified atom stereocenters. The van der Waals surface area contributed by atoms with Gasteiger partial charge in [-0.3, -0.25) is 15.0 Å². The number of aryl methyl sites for hydroxylation is 1. The van der Waals surface area contributed by atoms with Gasteiger partial charge in [-0.05, 0) is 61.5 Å². The molecular weight excluding hydrogens is 396 g/mol. The molecule has 1 saturated heterocycles. The van der Waals surface area contributed by atoms with E-state index in [9.17, 15) is 14.7 Å². The van der Waals surface area contributed by atoms with Crippen molar-refractivity contribution in [1.29, 1.82) is 0 Å². The fourth-order valence-corrected chi connectivity index (χ4v) is 3.78. The first-order valence-corrected chi connectivity index (χ1v) is 9.73. The summed E-state index contributed by atoms with van der Waals surface area (Å²) in [5, 5.41) is 10.9. The van der Waals surface area contributed by atoms with Crippen LogP contribution in [0.4, 0.5) is 0 Å². The molecule has 144 valence electrons. The van der Waals surface area contributed by atoms with Gasteiger partial charge in [0.1, 0.15) is 0 Å². The topological polar surface area (TPSA) is 78.9 Å². The Morgan fingerprint density at radius 3 is 2.79 bits per heavy atom. The molecule has 28 heavy (non-hydrogen) atoms. The average Bonchev–Trinajstić information content (AvgIpc) is 2.92. The molecule has 0 aliphatic carbocycles. The Hall–Kier alpha value is -2.84. The molecule has 0 atom stereocenters. The molecule has 0 aromatic heterocycles. The van der Waals surface area contributed by atoms with Crippen LogP contribution in [0.3, 0.4) is 0 Å². The molecule has 1 aliphatic rings. The Kier molecular flexibility index (Phi) is 6.01. The average molecular weight is 415 g/mol. The predicted molar refractivity (Wildman–Crippen MR) is 113 cm³/mol. The van der Waals surface area contributed by atoms with Crippen molar-refractivity contribution in [2.45, 2.75) is 13.8 Å². The van der Waals surface area contributed by atoms with E-state index in [0.717, 1.165) is 22.3 Å². The maximum absolute atomic E-state index is 12.7. The molecule has 2 aromatic carbocycles. The lowest BCUT2D eigenvalue weighted by atomic mass is 10.1. The summed E-state index contributed by atoms with van der Waals surface area (Å²) in [5.74, 6) is -0.460. The number of thioether (sulfide) groups is 1. The van der Waals surface area contributed by atoms with Crippen molar-refractivity contribution in [1.82, 2.24) is 10.4 Å². The molecule has 2 N–H and O–H groups in total. The minimum Gasteiger partial charge on any atom is -0.504 e. The van der Waals surface area contributed by atoms with Gasteiger partial charge in [0.05, 0.1) is 11.5 Å². The summed E-state index contributed by atoms with van der Waals surface area (Å²) in [6, 6.07) is 11.9. The molecule has 0 saturated carbocycles. The van der Waals surface area contributed by atoms with Crippen LogP contribution in [0, 0.1) is 6.92 Å². The summed E-state index contributed by atoms with van der Waals surface area (Å²) in [4.78, 5) is 25.6. The first kappa shape index (κ1) is 19.9. The number of ether oxygens (including phenoxy) is 1. The zero-order chi connectivity index (χ0) is 20.3. The van der Waals surface area contributed by atoms with Crippen LogP contribution in [0.1, 0.15) is 28.4 Å². The fraction of sp³-hybridized carbons (Fsp3) is 0.150. The quantitative estimate of drug-likeness (QED) is 0.574. The summed E-state index contributed by atoms with van der Waals surface area (Å²) >= 11 is 6.34. The van der Waals surface area contributed by atoms with Gasteiger partial charge >= 0.3 is 0 Å². The highest BCUT2D eigenvalue weighted by Gasteiger charge is 2.34. The lowest BCUT2D eigenvalue weighted by Gasteiger charge is -2.16. The molecule has 2 amide bonds. The molecule has 0 spiro atoms. The zero-order valence-corrected chi connectivity index (χ0v) is 16.9. The van der Waals surface area contributed by atoms with Crippen LogP contribution in [-0.2, 0) is 4.79 Å². The highest BCUT2D eigenvalue weighted by Crippen LogP contribution is 2.33. The largest absolute Gasteiger partial charge is 0.504 e. The van der Waals surface area contributed by atoms with Crippen LogP contribution in [0.5, 0.6) is 11.5 Å². The number of carbonyl (C=O) groups excluding carboxylic acids is 2. The molecule has 1 fully saturated rings. The number of phenolic OH excluding ortho intramolecular Hbond substituents is 1. The first-order chi connectivity index (χ1) is 13.4. The Morgan fingerprint density at radius 2 is 2.07 bits per heavy atom. The fourth-order valence-electron chi connectivity index (χ4n) is 2.60. The molecule has 0 radical (unpaired) electrons. The van der Waals surface area contributed by atoms with Gasteiger partial charge in [0, 0.05) is 5.56 Å². The zero-order valence-electron chi connectivity index (χ0n) is 15.3. The number of hydrazine groups is 1. The van der Waals surface area contributed by atoms with Gasteiger partial charge in [0.15, 0.2) is 15.8 Å². The van der Waals surface area contributed by atoms with Crippen molar-refractivity contribution in [2.24, 2.45) is 0 Å². The number of hydrogen-bond donors (Lipinski definition) is 2. The Bertz CT molecular complexity index is 988. The van der Waals surface area contributed by atoms with E-state index in [0.29, 0.717) is 28.4 Å². The molecule has 0 bridgehead atoms. The van der Waals surface area contributed by atoms with Gasteiger partial charge in [0.2, 0.25) is 0 Å². The van der Waals surface area contributed by atoms with Crippen LogP contribution in [-0.4, -0.2) is 32.9 Å². The Balaban J connectivity index is 1.80. The van der Waals surface area contributed by atoms with Crippen molar-refractivity contribution in [2.75, 3.05) is 6.61 Å². The summed E-state index contributed by atoms with van der Waals surface area (Å²) in [6.07, 6.45) is 1.64. The lowest BCUT2D eigenvalue weighted by molar-refractivity contribution is -0.123. The van der Waals surface area contributed by atoms with Crippen molar-refractivity contribution in [3.8, 4) is 11.5 Å². The lowest BCUT2D eigenvalue weighted by Crippen LogP contribution is -2.45. The summed E-state index contributed by atoms with van der Waals surface area (Å²) < 4.78 is 5.60. The summed E-state index contributed by atoms with van der Waals surface area (Å²) in [7, 11) is 0. The highest BCUT2D eigenvalue weighted by atomic mass is 32.2. The maximum Gasteiger partial charge on any atom is 0.285 e. The molecular formula is C20H18N2O4S2. The van der Waals surface area contributed by atoms with Crippen molar-refractivity contribution in [3.63, 3.8) is 0 Å².